The topological polar surface area (TPSA) is 0 Å². The number of benzene rings is 10. The van der Waals surface area contributed by atoms with Gasteiger partial charge in [0, 0.05) is 5.57 Å². The molecule has 0 heterocycles. The summed E-state index contributed by atoms with van der Waals surface area (Å²) >= 11 is 0. The Kier molecular flexibility index (Phi) is 14.6. The zero-order valence-electron chi connectivity index (χ0n) is 54.8. The fourth-order valence-electron chi connectivity index (χ4n) is 16.5. The van der Waals surface area contributed by atoms with Crippen LogP contribution in [0.25, 0.3) is 98.0 Å². The third-order valence-corrected chi connectivity index (χ3v) is 22.9. The zero-order chi connectivity index (χ0) is 59.1. The molecule has 0 fully saturated rings. The Morgan fingerprint density at radius 1 is 0.237 bits per heavy atom. The number of hydrogen-bond acceptors (Lipinski definition) is 0. The predicted octanol–water partition coefficient (Wildman–Crippen LogP) is -34.4. The molecule has 80 heavy (non-hydrogen) atoms. The van der Waals surface area contributed by atoms with Gasteiger partial charge in [0.25, 0.3) is 0 Å². The maximum atomic E-state index is 7.22. The molecule has 0 aliphatic rings. The van der Waals surface area contributed by atoms with Crippen molar-refractivity contribution in [3.63, 3.8) is 0 Å². The second-order valence-corrected chi connectivity index (χ2v) is 25.6. The summed E-state index contributed by atoms with van der Waals surface area (Å²) in [6.07, 6.45) is 8.13. The number of allylic oxidation sites excluding steroid dienone is 4. The van der Waals surface area contributed by atoms with Gasteiger partial charge in [-0.3, -0.25) is 0 Å². The monoisotopic (exact) mass is 993 g/mol. The quantitative estimate of drug-likeness (QED) is 0.0674. The van der Waals surface area contributed by atoms with Crippen molar-refractivity contribution in [3.8, 4) is 34.6 Å². The Labute approximate surface area is 504 Å². The highest BCUT2D eigenvalue weighted by Gasteiger charge is 2.33. The maximum absolute atomic E-state index is 7.22. The van der Waals surface area contributed by atoms with Gasteiger partial charge in [-0.15, -0.1) is 33.7 Å². The number of hydrogen-bond donors (Lipinski definition) is 0. The largest absolute Gasteiger partial charge is 0.140 e. The van der Waals surface area contributed by atoms with E-state index in [1.165, 1.54) is 257 Å². The molecule has 0 aromatic heterocycles. The van der Waals surface area contributed by atoms with Crippen LogP contribution in [0.2, 0.25) is 6.32 Å². The van der Waals surface area contributed by atoms with Crippen molar-refractivity contribution in [3.05, 3.63) is 22.1 Å². The third kappa shape index (κ3) is 7.39. The van der Waals surface area contributed by atoms with E-state index in [4.69, 9.17) is 6.42 Å². The van der Waals surface area contributed by atoms with E-state index in [2.05, 4.69) is 233 Å². The van der Waals surface area contributed by atoms with E-state index in [1.54, 1.807) is 0 Å². The van der Waals surface area contributed by atoms with Crippen LogP contribution in [0.5, 0.6) is 0 Å². The SMILES string of the molecule is BC/C(=C(B)\C(B)=C(/C#C)c1c(B)c(B)c(-c2c(B)c(B)c3c(B)c(B)c4c(B)c(B)c(B)c5c(B)c(B)c2c3c45)c(B)c1-c1c(B)c(B)c2c(B)c(B)c3c(B)c(B)c(B)c4c(B)c(B)c1c2c34)c1c(B)c(B)c(B)c(B)c1B. The van der Waals surface area contributed by atoms with Gasteiger partial charge in [-0.05, 0) is 98.0 Å². The van der Waals surface area contributed by atoms with E-state index in [1.807, 2.05) is 0 Å². The fourth-order valence-corrected chi connectivity index (χ4v) is 16.5. The molecule has 352 valence electrons. The van der Waals surface area contributed by atoms with Gasteiger partial charge in [0.15, 0.2) is 0 Å². The molecule has 0 nitrogen and oxygen atoms in total. The number of terminal acetylenes is 1. The molecule has 10 aromatic rings. The van der Waals surface area contributed by atoms with Crippen molar-refractivity contribution in [1.29, 1.82) is 0 Å². The lowest BCUT2D eigenvalue weighted by atomic mass is 9.55. The minimum absolute atomic E-state index is 0.903. The lowest BCUT2D eigenvalue weighted by Gasteiger charge is -2.33. The lowest BCUT2D eigenvalue weighted by Crippen LogP contribution is -2.56. The van der Waals surface area contributed by atoms with E-state index in [-0.39, 0.29) is 0 Å². The smallest absolute Gasteiger partial charge is 0.115 e. The van der Waals surface area contributed by atoms with Crippen LogP contribution in [0.3, 0.4) is 0 Å². The summed E-state index contributed by atoms with van der Waals surface area (Å²) in [6, 6.07) is 0. The predicted molar refractivity (Wildman–Crippen MR) is 457 cm³/mol. The summed E-state index contributed by atoms with van der Waals surface area (Å²) in [6.45, 7) is 0. The Morgan fingerprint density at radius 3 is 0.800 bits per heavy atom. The molecule has 0 bridgehead atoms. The average molecular weight is 988 g/mol. The van der Waals surface area contributed by atoms with Crippen molar-refractivity contribution >= 4 is 445 Å². The molecule has 10 aromatic carbocycles. The van der Waals surface area contributed by atoms with Gasteiger partial charge in [0.1, 0.15) is 228 Å². The van der Waals surface area contributed by atoms with Crippen molar-refractivity contribution in [2.45, 2.75) is 6.32 Å². The number of rotatable bonds is 6. The Bertz CT molecular complexity index is 4640. The summed E-state index contributed by atoms with van der Waals surface area (Å²) < 4.78 is 0. The van der Waals surface area contributed by atoms with Crippen LogP contribution in [0.1, 0.15) is 11.1 Å². The molecule has 29 heteroatoms. The van der Waals surface area contributed by atoms with Crippen LogP contribution in [0.15, 0.2) is 10.9 Å². The first-order valence-corrected chi connectivity index (χ1v) is 29.8. The molecule has 10 rings (SSSR count). The summed E-state index contributed by atoms with van der Waals surface area (Å²) in [7, 11) is 68.9. The summed E-state index contributed by atoms with van der Waals surface area (Å²) in [5.74, 6) is 3.52. The summed E-state index contributed by atoms with van der Waals surface area (Å²) in [5, 5.41) is 17.0. The van der Waals surface area contributed by atoms with Gasteiger partial charge >= 0.3 is 0 Å². The Hall–Kier alpha value is -4.80. The second kappa shape index (κ2) is 19.9. The molecule has 0 aliphatic carbocycles. The van der Waals surface area contributed by atoms with Crippen LogP contribution >= 0.6 is 0 Å². The van der Waals surface area contributed by atoms with Crippen molar-refractivity contribution in [2.24, 2.45) is 0 Å². The summed E-state index contributed by atoms with van der Waals surface area (Å²) in [4.78, 5) is 0. The van der Waals surface area contributed by atoms with Gasteiger partial charge in [-0.2, -0.15) is 0 Å². The first kappa shape index (κ1) is 58.4. The first-order chi connectivity index (χ1) is 37.4. The molecular formula is C51H61B29. The van der Waals surface area contributed by atoms with E-state index < -0.39 is 0 Å². The molecule has 0 N–H and O–H groups in total. The van der Waals surface area contributed by atoms with E-state index in [0.717, 1.165) is 11.9 Å². The van der Waals surface area contributed by atoms with Gasteiger partial charge in [0.2, 0.25) is 0 Å². The molecule has 0 radical (unpaired) electrons. The minimum Gasteiger partial charge on any atom is -0.115 e. The first-order valence-electron chi connectivity index (χ1n) is 29.8. The molecule has 0 atom stereocenters. The van der Waals surface area contributed by atoms with Crippen LogP contribution in [-0.4, -0.2) is 228 Å². The molecule has 0 unspecified atom stereocenters. The highest BCUT2D eigenvalue weighted by molar-refractivity contribution is 6.78. The molecular weight excluding hydrogens is 926 g/mol. The van der Waals surface area contributed by atoms with Crippen molar-refractivity contribution < 1.29 is 0 Å². The minimum atomic E-state index is 0.903. The van der Waals surface area contributed by atoms with Crippen LogP contribution in [0.4, 0.5) is 0 Å². The second-order valence-electron chi connectivity index (χ2n) is 25.6. The van der Waals surface area contributed by atoms with Gasteiger partial charge in [0.05, 0.1) is 0 Å². The van der Waals surface area contributed by atoms with E-state index >= 15 is 0 Å². The molecule has 0 saturated heterocycles. The molecule has 0 aliphatic heterocycles. The van der Waals surface area contributed by atoms with E-state index in [9.17, 15) is 0 Å². The molecule has 0 saturated carbocycles. The van der Waals surface area contributed by atoms with E-state index in [0.29, 0.717) is 0 Å². The standard InChI is InChI=1S/C51H61B29/c1-2-4(24(53)25(54)5(3-52)7-28(57)49(78)51(80)50(79)29(7)58)6-12(15-13-8-10-19(36(65)30(13)59)43(72)47(76)45(74)21(10)40(69)38(67)17(8)34(63)32(15)61)26(55)23(42(71)27(6)56)16-14-9-11-20(37(66)31(14)60)44(73)48(77)46(75)22(11)41(70)39(68)18(9)35(64)33(16)62/h1H,3,52-80H2/b24-4-,25-5-. The van der Waals surface area contributed by atoms with Crippen LogP contribution in [0, 0.1) is 12.3 Å². The van der Waals surface area contributed by atoms with Crippen molar-refractivity contribution in [2.75, 3.05) is 0 Å². The average Bonchev–Trinajstić information content (AvgIpc) is 2.61. The normalized spacial score (nSPS) is 12.6. The third-order valence-electron chi connectivity index (χ3n) is 22.9. The molecule has 0 amide bonds. The van der Waals surface area contributed by atoms with Gasteiger partial charge < -0.3 is 0 Å². The lowest BCUT2D eigenvalue weighted by molar-refractivity contribution is 1.62. The van der Waals surface area contributed by atoms with Gasteiger partial charge in [-0.1, -0.05) is 143 Å². The van der Waals surface area contributed by atoms with Crippen LogP contribution in [-0.2, 0) is 0 Å². The zero-order valence-corrected chi connectivity index (χ0v) is 54.8. The summed E-state index contributed by atoms with van der Waals surface area (Å²) in [5.41, 5.74) is 48.4. The molecule has 0 spiro atoms. The maximum Gasteiger partial charge on any atom is 0.140 e. The highest BCUT2D eigenvalue weighted by Crippen LogP contribution is 2.39. The van der Waals surface area contributed by atoms with Crippen LogP contribution < -0.4 is 142 Å². The van der Waals surface area contributed by atoms with Crippen molar-refractivity contribution in [1.82, 2.24) is 0 Å². The fraction of sp³-hybridized carbons (Fsp3) is 0.0196. The highest BCUT2D eigenvalue weighted by atomic mass is 14.3. The van der Waals surface area contributed by atoms with Gasteiger partial charge in [-0.25, -0.2) is 0 Å². The Morgan fingerprint density at radius 2 is 0.475 bits per heavy atom. The Balaban J connectivity index is 1.51.